The van der Waals surface area contributed by atoms with Crippen molar-refractivity contribution in [1.29, 1.82) is 0 Å². The van der Waals surface area contributed by atoms with Gasteiger partial charge in [0.05, 0.1) is 12.2 Å². The van der Waals surface area contributed by atoms with Crippen LogP contribution in [0.3, 0.4) is 0 Å². The van der Waals surface area contributed by atoms with Crippen molar-refractivity contribution in [3.05, 3.63) is 47.3 Å². The molecule has 2 aromatic rings. The first-order chi connectivity index (χ1) is 10.3. The van der Waals surface area contributed by atoms with Crippen molar-refractivity contribution in [3.63, 3.8) is 0 Å². The molecule has 110 valence electrons. The molecule has 1 N–H and O–H groups in total. The van der Waals surface area contributed by atoms with Crippen LogP contribution in [0.5, 0.6) is 0 Å². The number of aromatic carboxylic acids is 1. The highest BCUT2D eigenvalue weighted by molar-refractivity contribution is 5.86. The topological polar surface area (TPSA) is 68.0 Å². The standard InChI is InChI=1S/C16H19N3O2/c20-16(21)14-15(13-9-5-2-6-10-13)19(18-17-14)11-12-7-3-1-4-8-12/h1,3-4,7-8,13H,2,5-6,9-11H2,(H,20,21). The smallest absolute Gasteiger partial charge is 0.358 e. The fourth-order valence-electron chi connectivity index (χ4n) is 3.13. The zero-order valence-electron chi connectivity index (χ0n) is 11.9. The Kier molecular flexibility index (Phi) is 3.99. The van der Waals surface area contributed by atoms with Crippen LogP contribution in [0, 0.1) is 0 Å². The van der Waals surface area contributed by atoms with E-state index in [4.69, 9.17) is 0 Å². The zero-order valence-corrected chi connectivity index (χ0v) is 11.9. The molecule has 0 spiro atoms. The molecule has 5 nitrogen and oxygen atoms in total. The predicted molar refractivity (Wildman–Crippen MR) is 78.4 cm³/mol. The van der Waals surface area contributed by atoms with Gasteiger partial charge < -0.3 is 5.11 Å². The SMILES string of the molecule is O=C(O)c1nnn(Cc2ccccc2)c1C1CCCCC1. The van der Waals surface area contributed by atoms with E-state index in [-0.39, 0.29) is 11.6 Å². The lowest BCUT2D eigenvalue weighted by atomic mass is 9.86. The van der Waals surface area contributed by atoms with Crippen LogP contribution in [0.4, 0.5) is 0 Å². The maximum atomic E-state index is 11.4. The molecule has 0 unspecified atom stereocenters. The van der Waals surface area contributed by atoms with Gasteiger partial charge >= 0.3 is 5.97 Å². The third kappa shape index (κ3) is 2.96. The summed E-state index contributed by atoms with van der Waals surface area (Å²) in [5.41, 5.74) is 2.03. The van der Waals surface area contributed by atoms with Crippen LogP contribution >= 0.6 is 0 Å². The lowest BCUT2D eigenvalue weighted by Crippen LogP contribution is -2.16. The van der Waals surface area contributed by atoms with Crippen molar-refractivity contribution in [2.75, 3.05) is 0 Å². The van der Waals surface area contributed by atoms with Gasteiger partial charge in [0.15, 0.2) is 5.69 Å². The highest BCUT2D eigenvalue weighted by Gasteiger charge is 2.27. The Labute approximate surface area is 123 Å². The van der Waals surface area contributed by atoms with Crippen molar-refractivity contribution in [1.82, 2.24) is 15.0 Å². The molecule has 1 aromatic carbocycles. The van der Waals surface area contributed by atoms with Gasteiger partial charge in [-0.2, -0.15) is 0 Å². The molecule has 0 saturated heterocycles. The number of carboxylic acids is 1. The summed E-state index contributed by atoms with van der Waals surface area (Å²) in [7, 11) is 0. The normalized spacial score (nSPS) is 16.0. The van der Waals surface area contributed by atoms with Crippen molar-refractivity contribution in [3.8, 4) is 0 Å². The fourth-order valence-corrected chi connectivity index (χ4v) is 3.13. The Bertz CT molecular complexity index is 616. The number of carbonyl (C=O) groups is 1. The summed E-state index contributed by atoms with van der Waals surface area (Å²) in [5, 5.41) is 17.4. The quantitative estimate of drug-likeness (QED) is 0.937. The van der Waals surface area contributed by atoms with Crippen LogP contribution in [-0.2, 0) is 6.54 Å². The number of hydrogen-bond donors (Lipinski definition) is 1. The lowest BCUT2D eigenvalue weighted by Gasteiger charge is -2.22. The van der Waals surface area contributed by atoms with Gasteiger partial charge in [0.25, 0.3) is 0 Å². The Morgan fingerprint density at radius 1 is 1.19 bits per heavy atom. The van der Waals surface area contributed by atoms with Crippen LogP contribution in [0.25, 0.3) is 0 Å². The monoisotopic (exact) mass is 285 g/mol. The molecular formula is C16H19N3O2. The molecule has 0 radical (unpaired) electrons. The molecule has 1 saturated carbocycles. The van der Waals surface area contributed by atoms with Gasteiger partial charge in [-0.15, -0.1) is 5.10 Å². The van der Waals surface area contributed by atoms with E-state index in [0.717, 1.165) is 36.9 Å². The molecule has 0 atom stereocenters. The maximum Gasteiger partial charge on any atom is 0.358 e. The van der Waals surface area contributed by atoms with Crippen LogP contribution in [0.1, 0.15) is 59.8 Å². The molecule has 1 aliphatic rings. The summed E-state index contributed by atoms with van der Waals surface area (Å²) >= 11 is 0. The maximum absolute atomic E-state index is 11.4. The Hall–Kier alpha value is -2.17. The molecule has 1 aromatic heterocycles. The largest absolute Gasteiger partial charge is 0.476 e. The third-order valence-electron chi connectivity index (χ3n) is 4.14. The molecular weight excluding hydrogens is 266 g/mol. The minimum absolute atomic E-state index is 0.123. The van der Waals surface area contributed by atoms with Gasteiger partial charge in [0, 0.05) is 5.92 Å². The molecule has 0 aliphatic heterocycles. The predicted octanol–water partition coefficient (Wildman–Crippen LogP) is 3.07. The van der Waals surface area contributed by atoms with E-state index in [1.165, 1.54) is 6.42 Å². The van der Waals surface area contributed by atoms with Gasteiger partial charge in [-0.05, 0) is 18.4 Å². The van der Waals surface area contributed by atoms with Gasteiger partial charge in [0.2, 0.25) is 0 Å². The van der Waals surface area contributed by atoms with Crippen molar-refractivity contribution < 1.29 is 9.90 Å². The van der Waals surface area contributed by atoms with Gasteiger partial charge in [-0.1, -0.05) is 54.8 Å². The van der Waals surface area contributed by atoms with E-state index in [2.05, 4.69) is 10.3 Å². The third-order valence-corrected chi connectivity index (χ3v) is 4.14. The Balaban J connectivity index is 1.94. The van der Waals surface area contributed by atoms with E-state index in [9.17, 15) is 9.90 Å². The van der Waals surface area contributed by atoms with Crippen LogP contribution < -0.4 is 0 Å². The van der Waals surface area contributed by atoms with Gasteiger partial charge in [0.1, 0.15) is 0 Å². The Morgan fingerprint density at radius 3 is 2.57 bits per heavy atom. The first-order valence-electron chi connectivity index (χ1n) is 7.46. The van der Waals surface area contributed by atoms with E-state index in [1.807, 2.05) is 30.3 Å². The molecule has 21 heavy (non-hydrogen) atoms. The van der Waals surface area contributed by atoms with E-state index < -0.39 is 5.97 Å². The minimum Gasteiger partial charge on any atom is -0.476 e. The van der Waals surface area contributed by atoms with Crippen molar-refractivity contribution in [2.24, 2.45) is 0 Å². The first kappa shape index (κ1) is 13.8. The number of hydrogen-bond acceptors (Lipinski definition) is 3. The highest BCUT2D eigenvalue weighted by atomic mass is 16.4. The van der Waals surface area contributed by atoms with Crippen LogP contribution in [-0.4, -0.2) is 26.1 Å². The molecule has 3 rings (SSSR count). The number of carboxylic acid groups (broad SMARTS) is 1. The van der Waals surface area contributed by atoms with Crippen molar-refractivity contribution in [2.45, 2.75) is 44.6 Å². The number of nitrogens with zero attached hydrogens (tertiary/aromatic N) is 3. The molecule has 0 amide bonds. The Morgan fingerprint density at radius 2 is 1.90 bits per heavy atom. The summed E-state index contributed by atoms with van der Waals surface area (Å²) in [6.45, 7) is 0.576. The summed E-state index contributed by atoms with van der Waals surface area (Å²) < 4.78 is 1.77. The second-order valence-electron chi connectivity index (χ2n) is 5.61. The second kappa shape index (κ2) is 6.08. The molecule has 5 heteroatoms. The van der Waals surface area contributed by atoms with Crippen molar-refractivity contribution >= 4 is 5.97 Å². The lowest BCUT2D eigenvalue weighted by molar-refractivity contribution is 0.0688. The number of benzene rings is 1. The molecule has 1 aliphatic carbocycles. The van der Waals surface area contributed by atoms with E-state index in [1.54, 1.807) is 4.68 Å². The highest BCUT2D eigenvalue weighted by Crippen LogP contribution is 2.34. The summed E-state index contributed by atoms with van der Waals surface area (Å²) in [5.74, 6) is -0.710. The summed E-state index contributed by atoms with van der Waals surface area (Å²) in [4.78, 5) is 11.4. The van der Waals surface area contributed by atoms with Crippen LogP contribution in [0.2, 0.25) is 0 Å². The summed E-state index contributed by atoms with van der Waals surface area (Å²) in [6.07, 6.45) is 5.60. The molecule has 0 bridgehead atoms. The molecule has 1 heterocycles. The average Bonchev–Trinajstić information content (AvgIpc) is 2.93. The average molecular weight is 285 g/mol. The molecule has 1 fully saturated rings. The zero-order chi connectivity index (χ0) is 14.7. The number of aromatic nitrogens is 3. The van der Waals surface area contributed by atoms with E-state index in [0.29, 0.717) is 6.54 Å². The number of rotatable bonds is 4. The fraction of sp³-hybridized carbons (Fsp3) is 0.438. The first-order valence-corrected chi connectivity index (χ1v) is 7.46. The van der Waals surface area contributed by atoms with E-state index >= 15 is 0 Å². The minimum atomic E-state index is -0.977. The van der Waals surface area contributed by atoms with Crippen LogP contribution in [0.15, 0.2) is 30.3 Å². The summed E-state index contributed by atoms with van der Waals surface area (Å²) in [6, 6.07) is 9.96. The van der Waals surface area contributed by atoms with Gasteiger partial charge in [-0.25, -0.2) is 9.48 Å². The second-order valence-corrected chi connectivity index (χ2v) is 5.61. The van der Waals surface area contributed by atoms with Gasteiger partial charge in [-0.3, -0.25) is 0 Å².